The number of hydrogen-bond acceptors (Lipinski definition) is 5. The topological polar surface area (TPSA) is 77.6 Å². The Bertz CT molecular complexity index is 944. The smallest absolute Gasteiger partial charge is 0.253 e. The molecule has 2 aromatic rings. The zero-order valence-electron chi connectivity index (χ0n) is 18.6. The molecule has 1 saturated heterocycles. The highest BCUT2D eigenvalue weighted by molar-refractivity contribution is 6.36. The van der Waals surface area contributed by atoms with Crippen LogP contribution in [0.25, 0.3) is 0 Å². The van der Waals surface area contributed by atoms with Crippen LogP contribution in [0, 0.1) is 5.92 Å². The van der Waals surface area contributed by atoms with Gasteiger partial charge in [-0.25, -0.2) is 4.98 Å². The first-order valence-corrected chi connectivity index (χ1v) is 11.4. The molecule has 2 amide bonds. The molecule has 1 aromatic heterocycles. The van der Waals surface area contributed by atoms with Crippen LogP contribution in [-0.4, -0.2) is 61.0 Å². The van der Waals surface area contributed by atoms with Crippen molar-refractivity contribution in [2.24, 2.45) is 5.92 Å². The van der Waals surface area contributed by atoms with E-state index in [1.165, 1.54) is 6.07 Å². The lowest BCUT2D eigenvalue weighted by Crippen LogP contribution is -2.45. The first-order valence-electron chi connectivity index (χ1n) is 10.7. The van der Waals surface area contributed by atoms with Crippen LogP contribution in [0.2, 0.25) is 10.0 Å². The van der Waals surface area contributed by atoms with Gasteiger partial charge in [-0.05, 0) is 49.7 Å². The van der Waals surface area contributed by atoms with E-state index in [-0.39, 0.29) is 22.4 Å². The fourth-order valence-corrected chi connectivity index (χ4v) is 4.02. The summed E-state index contributed by atoms with van der Waals surface area (Å²) >= 11 is 12.1. The van der Waals surface area contributed by atoms with Crippen molar-refractivity contribution in [2.45, 2.75) is 26.3 Å². The molecule has 2 N–H and O–H groups in total. The second kappa shape index (κ2) is 11.0. The van der Waals surface area contributed by atoms with Gasteiger partial charge >= 0.3 is 0 Å². The highest BCUT2D eigenvalue weighted by Gasteiger charge is 2.24. The molecule has 0 bridgehead atoms. The summed E-state index contributed by atoms with van der Waals surface area (Å²) in [4.78, 5) is 34.7. The maximum atomic E-state index is 13.0. The quantitative estimate of drug-likeness (QED) is 0.631. The molecule has 1 atom stereocenters. The number of piperazine rings is 1. The predicted octanol–water partition coefficient (Wildman–Crippen LogP) is 3.92. The van der Waals surface area contributed by atoms with Crippen LogP contribution in [0.15, 0.2) is 36.5 Å². The molecule has 0 unspecified atom stereocenters. The fourth-order valence-electron chi connectivity index (χ4n) is 3.52. The third kappa shape index (κ3) is 6.58. The molecular weight excluding hydrogens is 449 g/mol. The van der Waals surface area contributed by atoms with Crippen molar-refractivity contribution in [1.29, 1.82) is 0 Å². The van der Waals surface area contributed by atoms with Crippen LogP contribution < -0.4 is 15.5 Å². The largest absolute Gasteiger partial charge is 0.354 e. The maximum absolute atomic E-state index is 13.0. The van der Waals surface area contributed by atoms with Crippen LogP contribution in [0.3, 0.4) is 0 Å². The van der Waals surface area contributed by atoms with E-state index in [1.807, 2.05) is 26.0 Å². The number of aromatic nitrogens is 1. The molecule has 2 heterocycles. The van der Waals surface area contributed by atoms with Crippen molar-refractivity contribution in [2.75, 3.05) is 43.4 Å². The van der Waals surface area contributed by atoms with E-state index in [1.54, 1.807) is 18.3 Å². The summed E-state index contributed by atoms with van der Waals surface area (Å²) in [6.45, 7) is 7.82. The molecule has 1 fully saturated rings. The van der Waals surface area contributed by atoms with E-state index in [9.17, 15) is 9.59 Å². The number of nitrogens with zero attached hydrogens (tertiary/aromatic N) is 3. The minimum atomic E-state index is -0.716. The summed E-state index contributed by atoms with van der Waals surface area (Å²) in [5.41, 5.74) is 0.858. The zero-order valence-corrected chi connectivity index (χ0v) is 20.1. The van der Waals surface area contributed by atoms with E-state index >= 15 is 0 Å². The van der Waals surface area contributed by atoms with Gasteiger partial charge in [0.15, 0.2) is 0 Å². The standard InChI is InChI=1S/C23H29Cl2N5O2/c1-15(2)12-20(28-22(31)18-6-4-16(24)13-19(18)25)23(32)27-17-5-7-21(26-14-17)30-10-8-29(3)9-11-30/h4-7,13-15,20H,8-12H2,1-3H3,(H,27,32)(H,28,31)/t20-/m0/s1. The Kier molecular flexibility index (Phi) is 8.34. The Morgan fingerprint density at radius 1 is 1.09 bits per heavy atom. The molecule has 32 heavy (non-hydrogen) atoms. The first-order chi connectivity index (χ1) is 15.2. The Morgan fingerprint density at radius 2 is 1.81 bits per heavy atom. The normalized spacial score (nSPS) is 15.5. The molecule has 1 aromatic carbocycles. The number of hydrogen-bond donors (Lipinski definition) is 2. The summed E-state index contributed by atoms with van der Waals surface area (Å²) in [5.74, 6) is 0.368. The van der Waals surface area contributed by atoms with Gasteiger partial charge in [0.25, 0.3) is 5.91 Å². The van der Waals surface area contributed by atoms with Gasteiger partial charge in [-0.2, -0.15) is 0 Å². The van der Waals surface area contributed by atoms with Gasteiger partial charge in [0.1, 0.15) is 11.9 Å². The molecule has 0 radical (unpaired) electrons. The van der Waals surface area contributed by atoms with Gasteiger partial charge < -0.3 is 20.4 Å². The Morgan fingerprint density at radius 3 is 2.41 bits per heavy atom. The van der Waals surface area contributed by atoms with Crippen molar-refractivity contribution in [3.63, 3.8) is 0 Å². The number of anilines is 2. The maximum Gasteiger partial charge on any atom is 0.253 e. The molecule has 172 valence electrons. The fraction of sp³-hybridized carbons (Fsp3) is 0.435. The number of pyridine rings is 1. The third-order valence-electron chi connectivity index (χ3n) is 5.35. The van der Waals surface area contributed by atoms with Crippen molar-refractivity contribution < 1.29 is 9.59 Å². The number of amides is 2. The van der Waals surface area contributed by atoms with E-state index in [0.29, 0.717) is 17.1 Å². The van der Waals surface area contributed by atoms with Gasteiger partial charge in [-0.3, -0.25) is 9.59 Å². The second-order valence-corrected chi connectivity index (χ2v) is 9.31. The molecular formula is C23H29Cl2N5O2. The van der Waals surface area contributed by atoms with Crippen LogP contribution in [0.5, 0.6) is 0 Å². The van der Waals surface area contributed by atoms with Crippen LogP contribution >= 0.6 is 23.2 Å². The molecule has 9 heteroatoms. The highest BCUT2D eigenvalue weighted by atomic mass is 35.5. The number of nitrogens with one attached hydrogen (secondary N) is 2. The molecule has 0 saturated carbocycles. The van der Waals surface area contributed by atoms with Gasteiger partial charge in [-0.15, -0.1) is 0 Å². The van der Waals surface area contributed by atoms with Gasteiger partial charge in [0, 0.05) is 31.2 Å². The number of benzene rings is 1. The number of carbonyl (C=O) groups is 2. The summed E-state index contributed by atoms with van der Waals surface area (Å²) in [7, 11) is 2.11. The second-order valence-electron chi connectivity index (χ2n) is 8.46. The minimum absolute atomic E-state index is 0.199. The van der Waals surface area contributed by atoms with E-state index in [2.05, 4.69) is 32.5 Å². The number of likely N-dealkylation sites (N-methyl/N-ethyl adjacent to an activating group) is 1. The Hall–Kier alpha value is -2.35. The molecule has 3 rings (SSSR count). The molecule has 0 aliphatic carbocycles. The summed E-state index contributed by atoms with van der Waals surface area (Å²) in [6, 6.07) is 7.67. The first kappa shape index (κ1) is 24.3. The van der Waals surface area contributed by atoms with Crippen molar-refractivity contribution in [3.05, 3.63) is 52.1 Å². The van der Waals surface area contributed by atoms with Crippen LogP contribution in [0.4, 0.5) is 11.5 Å². The lowest BCUT2D eigenvalue weighted by atomic mass is 10.0. The average Bonchev–Trinajstić information content (AvgIpc) is 2.74. The highest BCUT2D eigenvalue weighted by Crippen LogP contribution is 2.22. The predicted molar refractivity (Wildman–Crippen MR) is 130 cm³/mol. The van der Waals surface area contributed by atoms with E-state index < -0.39 is 11.9 Å². The molecule has 1 aliphatic heterocycles. The van der Waals surface area contributed by atoms with Crippen molar-refractivity contribution in [1.82, 2.24) is 15.2 Å². The zero-order chi connectivity index (χ0) is 23.3. The molecule has 1 aliphatic rings. The van der Waals surface area contributed by atoms with Crippen molar-refractivity contribution >= 4 is 46.5 Å². The minimum Gasteiger partial charge on any atom is -0.354 e. The summed E-state index contributed by atoms with van der Waals surface area (Å²) < 4.78 is 0. The van der Waals surface area contributed by atoms with Gasteiger partial charge in [-0.1, -0.05) is 37.0 Å². The van der Waals surface area contributed by atoms with Gasteiger partial charge in [0.05, 0.1) is 22.5 Å². The average molecular weight is 478 g/mol. The monoisotopic (exact) mass is 477 g/mol. The number of rotatable bonds is 7. The molecule has 7 nitrogen and oxygen atoms in total. The summed E-state index contributed by atoms with van der Waals surface area (Å²) in [6.07, 6.45) is 2.13. The van der Waals surface area contributed by atoms with Crippen LogP contribution in [0.1, 0.15) is 30.6 Å². The SMILES string of the molecule is CC(C)C[C@H](NC(=O)c1ccc(Cl)cc1Cl)C(=O)Nc1ccc(N2CCN(C)CC2)nc1. The lowest BCUT2D eigenvalue weighted by molar-refractivity contribution is -0.118. The number of carbonyl (C=O) groups excluding carboxylic acids is 2. The van der Waals surface area contributed by atoms with Crippen molar-refractivity contribution in [3.8, 4) is 0 Å². The lowest BCUT2D eigenvalue weighted by Gasteiger charge is -2.33. The van der Waals surface area contributed by atoms with E-state index in [4.69, 9.17) is 23.2 Å². The number of halogens is 2. The van der Waals surface area contributed by atoms with Crippen LogP contribution in [-0.2, 0) is 4.79 Å². The summed E-state index contributed by atoms with van der Waals surface area (Å²) in [5, 5.41) is 6.35. The van der Waals surface area contributed by atoms with E-state index in [0.717, 1.165) is 32.0 Å². The van der Waals surface area contributed by atoms with Gasteiger partial charge in [0.2, 0.25) is 5.91 Å². The Labute approximate surface area is 199 Å². The molecule has 0 spiro atoms. The third-order valence-corrected chi connectivity index (χ3v) is 5.90. The Balaban J connectivity index is 1.66.